The van der Waals surface area contributed by atoms with Crippen LogP contribution in [0, 0.1) is 0 Å². The van der Waals surface area contributed by atoms with Crippen LogP contribution in [0.1, 0.15) is 22.8 Å². The third-order valence-corrected chi connectivity index (χ3v) is 2.96. The van der Waals surface area contributed by atoms with Crippen LogP contribution in [0.4, 0.5) is 13.2 Å². The van der Waals surface area contributed by atoms with E-state index < -0.39 is 17.6 Å². The van der Waals surface area contributed by atoms with Crippen LogP contribution in [0.3, 0.4) is 0 Å². The van der Waals surface area contributed by atoms with Gasteiger partial charge in [0.1, 0.15) is 0 Å². The fourth-order valence-electron chi connectivity index (χ4n) is 1.24. The summed E-state index contributed by atoms with van der Waals surface area (Å²) in [5.74, 6) is -0.592. The molecule has 100 valence electrons. The zero-order valence-electron chi connectivity index (χ0n) is 9.51. The van der Waals surface area contributed by atoms with Crippen molar-refractivity contribution in [1.82, 2.24) is 5.32 Å². The second-order valence-corrected chi connectivity index (χ2v) is 4.66. The molecule has 0 aliphatic carbocycles. The maximum Gasteiger partial charge on any atom is 0.416 e. The first-order chi connectivity index (χ1) is 8.25. The number of hydrogen-bond donors (Lipinski definition) is 2. The lowest BCUT2D eigenvalue weighted by atomic mass is 10.1. The van der Waals surface area contributed by atoms with E-state index in [4.69, 9.17) is 5.73 Å². The van der Waals surface area contributed by atoms with Gasteiger partial charge in [-0.25, -0.2) is 0 Å². The summed E-state index contributed by atoms with van der Waals surface area (Å²) in [6, 6.07) is 2.61. The fourth-order valence-corrected chi connectivity index (χ4v) is 1.66. The number of carbonyl (C=O) groups is 1. The number of benzene rings is 1. The van der Waals surface area contributed by atoms with Crippen LogP contribution in [0.25, 0.3) is 0 Å². The van der Waals surface area contributed by atoms with E-state index in [-0.39, 0.29) is 18.2 Å². The molecule has 0 bridgehead atoms. The molecule has 0 aliphatic heterocycles. The number of nitrogens with one attached hydrogen (secondary N) is 1. The normalized spacial score (nSPS) is 13.2. The minimum absolute atomic E-state index is 0.0647. The number of carbonyl (C=O) groups excluding carboxylic acids is 1. The SMILES string of the molecule is CC(CN)NC(=O)c1cc(C(F)(F)F)ccc1Br. The smallest absolute Gasteiger partial charge is 0.348 e. The average molecular weight is 325 g/mol. The Morgan fingerprint density at radius 1 is 1.50 bits per heavy atom. The minimum Gasteiger partial charge on any atom is -0.348 e. The lowest BCUT2D eigenvalue weighted by Gasteiger charge is -2.14. The second-order valence-electron chi connectivity index (χ2n) is 3.80. The predicted octanol–water partition coefficient (Wildman–Crippen LogP) is 2.54. The molecule has 0 radical (unpaired) electrons. The molecule has 3 N–H and O–H groups in total. The lowest BCUT2D eigenvalue weighted by Crippen LogP contribution is -2.38. The van der Waals surface area contributed by atoms with Gasteiger partial charge in [0.05, 0.1) is 11.1 Å². The molecule has 0 saturated heterocycles. The van der Waals surface area contributed by atoms with Crippen molar-refractivity contribution in [1.29, 1.82) is 0 Å². The van der Waals surface area contributed by atoms with Gasteiger partial charge in [-0.1, -0.05) is 0 Å². The summed E-state index contributed by atoms with van der Waals surface area (Å²) < 4.78 is 37.9. The van der Waals surface area contributed by atoms with E-state index in [0.717, 1.165) is 12.1 Å². The Bertz CT molecular complexity index is 448. The van der Waals surface area contributed by atoms with E-state index in [1.165, 1.54) is 6.07 Å². The van der Waals surface area contributed by atoms with Crippen LogP contribution < -0.4 is 11.1 Å². The number of rotatable bonds is 3. The molecule has 18 heavy (non-hydrogen) atoms. The summed E-state index contributed by atoms with van der Waals surface area (Å²) in [5, 5.41) is 2.50. The Labute approximate surface area is 111 Å². The molecule has 3 nitrogen and oxygen atoms in total. The van der Waals surface area contributed by atoms with Gasteiger partial charge in [-0.2, -0.15) is 13.2 Å². The number of nitrogens with two attached hydrogens (primary N) is 1. The van der Waals surface area contributed by atoms with Gasteiger partial charge < -0.3 is 11.1 Å². The number of alkyl halides is 3. The van der Waals surface area contributed by atoms with Gasteiger partial charge in [-0.3, -0.25) is 4.79 Å². The van der Waals surface area contributed by atoms with Crippen LogP contribution in [-0.2, 0) is 6.18 Å². The molecule has 0 saturated carbocycles. The van der Waals surface area contributed by atoms with E-state index in [1.807, 2.05) is 0 Å². The lowest BCUT2D eigenvalue weighted by molar-refractivity contribution is -0.137. The van der Waals surface area contributed by atoms with E-state index >= 15 is 0 Å². The fraction of sp³-hybridized carbons (Fsp3) is 0.364. The van der Waals surface area contributed by atoms with Crippen LogP contribution in [0.5, 0.6) is 0 Å². The third kappa shape index (κ3) is 3.71. The van der Waals surface area contributed by atoms with E-state index in [9.17, 15) is 18.0 Å². The molecule has 1 aromatic rings. The summed E-state index contributed by atoms with van der Waals surface area (Å²) in [7, 11) is 0. The van der Waals surface area contributed by atoms with Gasteiger partial charge in [0.15, 0.2) is 0 Å². The molecule has 0 spiro atoms. The van der Waals surface area contributed by atoms with Gasteiger partial charge in [0, 0.05) is 17.1 Å². The monoisotopic (exact) mass is 324 g/mol. The molecular weight excluding hydrogens is 313 g/mol. The number of halogens is 4. The highest BCUT2D eigenvalue weighted by Gasteiger charge is 2.31. The Balaban J connectivity index is 3.04. The van der Waals surface area contributed by atoms with Crippen LogP contribution in [0.2, 0.25) is 0 Å². The second kappa shape index (κ2) is 5.71. The molecule has 1 rings (SSSR count). The van der Waals surface area contributed by atoms with Crippen molar-refractivity contribution in [2.75, 3.05) is 6.54 Å². The predicted molar refractivity (Wildman–Crippen MR) is 65.1 cm³/mol. The van der Waals surface area contributed by atoms with Crippen LogP contribution >= 0.6 is 15.9 Å². The first-order valence-corrected chi connectivity index (χ1v) is 5.92. The highest BCUT2D eigenvalue weighted by molar-refractivity contribution is 9.10. The highest BCUT2D eigenvalue weighted by atomic mass is 79.9. The first kappa shape index (κ1) is 15.0. The van der Waals surface area contributed by atoms with Crippen molar-refractivity contribution in [2.24, 2.45) is 5.73 Å². The Kier molecular flexibility index (Phi) is 4.75. The van der Waals surface area contributed by atoms with Crippen LogP contribution in [0.15, 0.2) is 22.7 Å². The largest absolute Gasteiger partial charge is 0.416 e. The van der Waals surface area contributed by atoms with Crippen molar-refractivity contribution in [3.8, 4) is 0 Å². The maximum atomic E-state index is 12.5. The molecule has 1 atom stereocenters. The van der Waals surface area contributed by atoms with E-state index in [0.29, 0.717) is 4.47 Å². The third-order valence-electron chi connectivity index (χ3n) is 2.27. The Morgan fingerprint density at radius 3 is 2.61 bits per heavy atom. The molecule has 7 heteroatoms. The standard InChI is InChI=1S/C11H12BrF3N2O/c1-6(5-16)17-10(18)8-4-7(11(13,14)15)2-3-9(8)12/h2-4,6H,5,16H2,1H3,(H,17,18). The summed E-state index contributed by atoms with van der Waals surface area (Å²) in [6.45, 7) is 1.88. The van der Waals surface area contributed by atoms with Gasteiger partial charge in [0.2, 0.25) is 0 Å². The van der Waals surface area contributed by atoms with Crippen LogP contribution in [-0.4, -0.2) is 18.5 Å². The van der Waals surface area contributed by atoms with E-state index in [2.05, 4.69) is 21.2 Å². The van der Waals surface area contributed by atoms with Gasteiger partial charge >= 0.3 is 6.18 Å². The van der Waals surface area contributed by atoms with Crippen molar-refractivity contribution < 1.29 is 18.0 Å². The van der Waals surface area contributed by atoms with Crippen molar-refractivity contribution in [2.45, 2.75) is 19.1 Å². The van der Waals surface area contributed by atoms with Crippen molar-refractivity contribution >= 4 is 21.8 Å². The molecule has 0 fully saturated rings. The quantitative estimate of drug-likeness (QED) is 0.897. The van der Waals surface area contributed by atoms with Crippen molar-refractivity contribution in [3.05, 3.63) is 33.8 Å². The molecule has 1 aromatic carbocycles. The molecule has 1 unspecified atom stereocenters. The van der Waals surface area contributed by atoms with Gasteiger partial charge in [0.25, 0.3) is 5.91 Å². The Hall–Kier alpha value is -1.08. The molecule has 0 aromatic heterocycles. The average Bonchev–Trinajstić information content (AvgIpc) is 2.27. The highest BCUT2D eigenvalue weighted by Crippen LogP contribution is 2.31. The maximum absolute atomic E-state index is 12.5. The first-order valence-electron chi connectivity index (χ1n) is 5.13. The van der Waals surface area contributed by atoms with Gasteiger partial charge in [-0.05, 0) is 41.1 Å². The number of hydrogen-bond acceptors (Lipinski definition) is 2. The molecule has 1 amide bonds. The van der Waals surface area contributed by atoms with Gasteiger partial charge in [-0.15, -0.1) is 0 Å². The van der Waals surface area contributed by atoms with E-state index in [1.54, 1.807) is 6.92 Å². The zero-order chi connectivity index (χ0) is 13.9. The molecular formula is C11H12BrF3N2O. The molecule has 0 aliphatic rings. The summed E-state index contributed by atoms with van der Waals surface area (Å²) >= 11 is 3.05. The number of amides is 1. The van der Waals surface area contributed by atoms with Crippen molar-refractivity contribution in [3.63, 3.8) is 0 Å². The summed E-state index contributed by atoms with van der Waals surface area (Å²) in [5.41, 5.74) is 4.40. The summed E-state index contributed by atoms with van der Waals surface area (Å²) in [6.07, 6.45) is -4.48. The summed E-state index contributed by atoms with van der Waals surface area (Å²) in [4.78, 5) is 11.7. The topological polar surface area (TPSA) is 55.1 Å². The Morgan fingerprint density at radius 2 is 2.11 bits per heavy atom. The minimum atomic E-state index is -4.48. The zero-order valence-corrected chi connectivity index (χ0v) is 11.1. The molecule has 0 heterocycles.